The molecule has 1 amide bonds. The highest BCUT2D eigenvalue weighted by Gasteiger charge is 2.20. The van der Waals surface area contributed by atoms with Gasteiger partial charge in [0.25, 0.3) is 0 Å². The number of allylic oxidation sites excluding steroid dienone is 2. The van der Waals surface area contributed by atoms with Crippen LogP contribution in [0.2, 0.25) is 0 Å². The second-order valence-corrected chi connectivity index (χ2v) is 6.01. The third kappa shape index (κ3) is 7.90. The first-order valence-electron chi connectivity index (χ1n) is 7.73. The van der Waals surface area contributed by atoms with E-state index < -0.39 is 0 Å². The number of aliphatic hydroxyl groups excluding tert-OH is 1. The highest BCUT2D eigenvalue weighted by molar-refractivity contribution is 7.13. The second-order valence-electron chi connectivity index (χ2n) is 4.81. The first kappa shape index (κ1) is 21.3. The van der Waals surface area contributed by atoms with E-state index in [0.717, 1.165) is 49.8 Å². The lowest BCUT2D eigenvalue weighted by Crippen LogP contribution is -2.21. The van der Waals surface area contributed by atoms with E-state index >= 15 is 0 Å². The van der Waals surface area contributed by atoms with E-state index in [4.69, 9.17) is 5.11 Å². The van der Waals surface area contributed by atoms with E-state index in [1.165, 1.54) is 4.88 Å². The first-order chi connectivity index (χ1) is 11.1. The summed E-state index contributed by atoms with van der Waals surface area (Å²) in [7, 11) is 1.00. The van der Waals surface area contributed by atoms with Gasteiger partial charge in [-0.15, -0.1) is 11.3 Å². The lowest BCUT2D eigenvalue weighted by molar-refractivity contribution is -0.125. The van der Waals surface area contributed by atoms with Crippen molar-refractivity contribution in [2.75, 3.05) is 13.7 Å². The van der Waals surface area contributed by atoms with Gasteiger partial charge in [0, 0.05) is 30.6 Å². The highest BCUT2D eigenvalue weighted by Crippen LogP contribution is 2.16. The Labute approximate surface area is 143 Å². The quantitative estimate of drug-likeness (QED) is 0.656. The van der Waals surface area contributed by atoms with Gasteiger partial charge in [-0.1, -0.05) is 26.0 Å². The van der Waals surface area contributed by atoms with E-state index in [-0.39, 0.29) is 5.91 Å². The van der Waals surface area contributed by atoms with E-state index in [1.807, 2.05) is 31.2 Å². The molecule has 1 fully saturated rings. The lowest BCUT2D eigenvalue weighted by atomic mass is 10.3. The van der Waals surface area contributed by atoms with Crippen molar-refractivity contribution in [3.8, 4) is 0 Å². The van der Waals surface area contributed by atoms with Crippen LogP contribution in [0.5, 0.6) is 0 Å². The fourth-order valence-electron chi connectivity index (χ4n) is 2.07. The summed E-state index contributed by atoms with van der Waals surface area (Å²) >= 11 is 1.59. The van der Waals surface area contributed by atoms with Gasteiger partial charge in [0.2, 0.25) is 5.91 Å². The van der Waals surface area contributed by atoms with Crippen molar-refractivity contribution >= 4 is 23.5 Å². The molecule has 23 heavy (non-hydrogen) atoms. The number of rotatable bonds is 5. The third-order valence-electron chi connectivity index (χ3n) is 3.07. The molecule has 0 unspecified atom stereocenters. The van der Waals surface area contributed by atoms with Crippen LogP contribution in [0.1, 0.15) is 47.7 Å². The molecule has 0 aliphatic carbocycles. The minimum atomic E-state index is 0.202. The monoisotopic (exact) mass is 337 g/mol. The summed E-state index contributed by atoms with van der Waals surface area (Å²) in [6.45, 7) is 8.69. The Bertz CT molecular complexity index is 520. The van der Waals surface area contributed by atoms with Gasteiger partial charge >= 0.3 is 0 Å². The molecule has 0 bridgehead atoms. The Kier molecular flexibility index (Phi) is 11.8. The van der Waals surface area contributed by atoms with E-state index in [2.05, 4.69) is 13.5 Å². The average molecular weight is 337 g/mol. The van der Waals surface area contributed by atoms with Crippen molar-refractivity contribution in [1.29, 1.82) is 0 Å². The molecule has 2 heterocycles. The third-order valence-corrected chi connectivity index (χ3v) is 4.14. The fourth-order valence-corrected chi connectivity index (χ4v) is 3.00. The van der Waals surface area contributed by atoms with Crippen LogP contribution in [0.15, 0.2) is 36.6 Å². The van der Waals surface area contributed by atoms with Crippen molar-refractivity contribution in [1.82, 2.24) is 4.90 Å². The van der Waals surface area contributed by atoms with Crippen LogP contribution in [0, 0.1) is 0 Å². The molecule has 1 N–H and O–H groups in total. The van der Waals surface area contributed by atoms with E-state index in [1.54, 1.807) is 16.2 Å². The Morgan fingerprint density at radius 3 is 2.57 bits per heavy atom. The van der Waals surface area contributed by atoms with Crippen LogP contribution in [0.25, 0.3) is 0 Å². The number of carbonyl (C=O) groups is 2. The number of aldehydes is 1. The Morgan fingerprint density at radius 1 is 1.43 bits per heavy atom. The topological polar surface area (TPSA) is 57.6 Å². The number of aryl methyl sites for hydroxylation is 1. The molecule has 5 heteroatoms. The van der Waals surface area contributed by atoms with Gasteiger partial charge in [-0.3, -0.25) is 9.59 Å². The summed E-state index contributed by atoms with van der Waals surface area (Å²) in [5.41, 5.74) is 0.815. The van der Waals surface area contributed by atoms with Gasteiger partial charge < -0.3 is 10.0 Å². The largest absolute Gasteiger partial charge is 0.400 e. The molecular weight excluding hydrogens is 310 g/mol. The zero-order valence-corrected chi connectivity index (χ0v) is 15.1. The molecule has 0 aromatic carbocycles. The number of nitrogens with zero attached hydrogens (tertiary/aromatic N) is 1. The van der Waals surface area contributed by atoms with Gasteiger partial charge in [-0.25, -0.2) is 0 Å². The molecule has 1 aliphatic rings. The molecule has 0 atom stereocenters. The van der Waals surface area contributed by atoms with Gasteiger partial charge in [0.15, 0.2) is 6.29 Å². The zero-order chi connectivity index (χ0) is 17.7. The van der Waals surface area contributed by atoms with Gasteiger partial charge in [-0.2, -0.15) is 0 Å². The maximum absolute atomic E-state index is 11.1. The van der Waals surface area contributed by atoms with Gasteiger partial charge in [-0.05, 0) is 38.0 Å². The number of likely N-dealkylation sites (tertiary alicyclic amines) is 1. The number of carbonyl (C=O) groups excluding carboxylic acids is 2. The molecule has 128 valence electrons. The van der Waals surface area contributed by atoms with Crippen LogP contribution in [0.3, 0.4) is 0 Å². The van der Waals surface area contributed by atoms with Crippen LogP contribution in [-0.2, 0) is 11.2 Å². The molecule has 4 nitrogen and oxygen atoms in total. The lowest BCUT2D eigenvalue weighted by Gasteiger charge is -2.14. The molecule has 0 radical (unpaired) electrons. The number of aliphatic hydroxyl groups is 1. The molecule has 0 spiro atoms. The van der Waals surface area contributed by atoms with E-state index in [0.29, 0.717) is 6.42 Å². The Balaban J connectivity index is 0.000000381. The highest BCUT2D eigenvalue weighted by atomic mass is 32.1. The standard InChI is InChI=1S/C9H13NO.C8H10OS.CH4O/c1-3-5-8(2)10-7-4-6-9(10)11;1-2-3-7-4-5-8(6-9)10-7;1-2/h3,5H,2,4,6-7H2,1H3;4-6H,2-3H2,1H3;2H,1H3/b5-3-;;. The van der Waals surface area contributed by atoms with Gasteiger partial charge in [0.1, 0.15) is 0 Å². The first-order valence-corrected chi connectivity index (χ1v) is 8.54. The molecule has 1 aliphatic heterocycles. The SMILES string of the molecule is C=C(/C=C\C)N1CCCC1=O.CCCc1ccc(C=O)s1.CO. The van der Waals surface area contributed by atoms with Crippen molar-refractivity contribution in [3.63, 3.8) is 0 Å². The number of amides is 1. The number of thiophene rings is 1. The summed E-state index contributed by atoms with van der Waals surface area (Å²) in [6.07, 6.45) is 8.56. The minimum Gasteiger partial charge on any atom is -0.400 e. The summed E-state index contributed by atoms with van der Waals surface area (Å²) in [6, 6.07) is 3.90. The van der Waals surface area contributed by atoms with Crippen molar-refractivity contribution < 1.29 is 14.7 Å². The fraction of sp³-hybridized carbons (Fsp3) is 0.444. The van der Waals surface area contributed by atoms with Gasteiger partial charge in [0.05, 0.1) is 4.88 Å². The Hall–Kier alpha value is -1.72. The van der Waals surface area contributed by atoms with Crippen molar-refractivity contribution in [2.45, 2.75) is 39.5 Å². The molecule has 1 aromatic heterocycles. The molecule has 0 saturated carbocycles. The van der Waals surface area contributed by atoms with Crippen molar-refractivity contribution in [3.05, 3.63) is 46.3 Å². The predicted molar refractivity (Wildman–Crippen MR) is 96.7 cm³/mol. The summed E-state index contributed by atoms with van der Waals surface area (Å²) in [5.74, 6) is 0.202. The van der Waals surface area contributed by atoms with Crippen LogP contribution in [0.4, 0.5) is 0 Å². The van der Waals surface area contributed by atoms with Crippen LogP contribution < -0.4 is 0 Å². The number of hydrogen-bond acceptors (Lipinski definition) is 4. The zero-order valence-electron chi connectivity index (χ0n) is 14.2. The van der Waals surface area contributed by atoms with E-state index in [9.17, 15) is 9.59 Å². The molecule has 1 saturated heterocycles. The van der Waals surface area contributed by atoms with Crippen molar-refractivity contribution in [2.24, 2.45) is 0 Å². The minimum absolute atomic E-state index is 0.202. The number of hydrogen-bond donors (Lipinski definition) is 1. The normalized spacial score (nSPS) is 13.2. The average Bonchev–Trinajstić information content (AvgIpc) is 3.19. The molecular formula is C18H27NO3S. The second kappa shape index (κ2) is 12.8. The summed E-state index contributed by atoms with van der Waals surface area (Å²) in [4.78, 5) is 25.2. The Morgan fingerprint density at radius 2 is 2.13 bits per heavy atom. The van der Waals surface area contributed by atoms with Crippen LogP contribution >= 0.6 is 11.3 Å². The summed E-state index contributed by atoms with van der Waals surface area (Å²) in [5, 5.41) is 7.00. The molecule has 1 aromatic rings. The molecule has 2 rings (SSSR count). The maximum Gasteiger partial charge on any atom is 0.227 e. The smallest absolute Gasteiger partial charge is 0.227 e. The predicted octanol–water partition coefficient (Wildman–Crippen LogP) is 3.82. The maximum atomic E-state index is 11.1. The summed E-state index contributed by atoms with van der Waals surface area (Å²) < 4.78 is 0. The van der Waals surface area contributed by atoms with Crippen LogP contribution in [-0.4, -0.2) is 35.9 Å².